The summed E-state index contributed by atoms with van der Waals surface area (Å²) >= 11 is 6.22. The molecule has 0 spiro atoms. The van der Waals surface area contributed by atoms with Crippen LogP contribution in [0.2, 0.25) is 5.02 Å². The zero-order chi connectivity index (χ0) is 16.4. The van der Waals surface area contributed by atoms with E-state index in [0.717, 1.165) is 30.0 Å². The van der Waals surface area contributed by atoms with Crippen molar-refractivity contribution in [1.29, 1.82) is 0 Å². The maximum Gasteiger partial charge on any atom is 0.276 e. The second kappa shape index (κ2) is 6.54. The predicted molar refractivity (Wildman–Crippen MR) is 92.4 cm³/mol. The van der Waals surface area contributed by atoms with Crippen molar-refractivity contribution >= 4 is 29.0 Å². The Labute approximate surface area is 140 Å². The van der Waals surface area contributed by atoms with E-state index < -0.39 is 0 Å². The molecule has 120 valence electrons. The van der Waals surface area contributed by atoms with E-state index in [1.54, 1.807) is 6.07 Å². The number of carbonyl (C=O) groups is 1. The lowest BCUT2D eigenvalue weighted by Crippen LogP contribution is -2.21. The van der Waals surface area contributed by atoms with Crippen molar-refractivity contribution in [2.45, 2.75) is 26.7 Å². The van der Waals surface area contributed by atoms with Gasteiger partial charge in [0.1, 0.15) is 0 Å². The Morgan fingerprint density at radius 2 is 1.91 bits per heavy atom. The molecule has 1 saturated heterocycles. The van der Waals surface area contributed by atoms with Gasteiger partial charge in [-0.05, 0) is 56.0 Å². The number of nitrogens with zero attached hydrogens (tertiary/aromatic N) is 3. The number of amides is 1. The topological polar surface area (TPSA) is 58.1 Å². The number of carbonyl (C=O) groups excluding carboxylic acids is 1. The minimum atomic E-state index is -0.306. The molecule has 2 heterocycles. The molecule has 1 N–H and O–H groups in total. The molecule has 0 unspecified atom stereocenters. The van der Waals surface area contributed by atoms with Crippen LogP contribution in [-0.4, -0.2) is 29.2 Å². The highest BCUT2D eigenvalue weighted by Gasteiger charge is 2.16. The fourth-order valence-electron chi connectivity index (χ4n) is 2.81. The fraction of sp³-hybridized carbons (Fsp3) is 0.353. The zero-order valence-electron chi connectivity index (χ0n) is 13.3. The van der Waals surface area contributed by atoms with Crippen LogP contribution < -0.4 is 10.2 Å². The highest BCUT2D eigenvalue weighted by molar-refractivity contribution is 6.34. The minimum Gasteiger partial charge on any atom is -0.355 e. The van der Waals surface area contributed by atoms with E-state index in [1.165, 1.54) is 12.8 Å². The van der Waals surface area contributed by atoms with E-state index >= 15 is 0 Å². The van der Waals surface area contributed by atoms with Gasteiger partial charge in [-0.3, -0.25) is 4.79 Å². The Hall–Kier alpha value is -2.14. The van der Waals surface area contributed by atoms with E-state index in [0.29, 0.717) is 10.7 Å². The van der Waals surface area contributed by atoms with Crippen molar-refractivity contribution in [1.82, 2.24) is 10.2 Å². The molecule has 1 fully saturated rings. The molecular formula is C17H19ClN4O. The molecule has 1 amide bonds. The molecule has 1 aromatic carbocycles. The molecule has 1 aromatic heterocycles. The van der Waals surface area contributed by atoms with E-state index in [1.807, 2.05) is 32.0 Å². The monoisotopic (exact) mass is 330 g/mol. The van der Waals surface area contributed by atoms with Crippen molar-refractivity contribution in [3.8, 4) is 0 Å². The first-order chi connectivity index (χ1) is 11.0. The van der Waals surface area contributed by atoms with Crippen LogP contribution >= 0.6 is 11.6 Å². The number of halogens is 1. The summed E-state index contributed by atoms with van der Waals surface area (Å²) in [6, 6.07) is 7.35. The van der Waals surface area contributed by atoms with Gasteiger partial charge in [0, 0.05) is 13.1 Å². The molecule has 0 atom stereocenters. The summed E-state index contributed by atoms with van der Waals surface area (Å²) in [7, 11) is 0. The third kappa shape index (κ3) is 3.45. The Balaban J connectivity index is 1.76. The number of aromatic nitrogens is 2. The smallest absolute Gasteiger partial charge is 0.276 e. The SMILES string of the molecule is Cc1cc(C)c(NC(=O)c2ccc(N3CCCC3)nn2)c(Cl)c1. The number of hydrogen-bond acceptors (Lipinski definition) is 4. The summed E-state index contributed by atoms with van der Waals surface area (Å²) in [5.41, 5.74) is 2.88. The average Bonchev–Trinajstić information content (AvgIpc) is 3.05. The molecular weight excluding hydrogens is 312 g/mol. The third-order valence-electron chi connectivity index (χ3n) is 3.98. The number of rotatable bonds is 3. The van der Waals surface area contributed by atoms with Gasteiger partial charge in [-0.1, -0.05) is 17.7 Å². The first kappa shape index (κ1) is 15.7. The summed E-state index contributed by atoms with van der Waals surface area (Å²) in [5, 5.41) is 11.6. The lowest BCUT2D eigenvalue weighted by Gasteiger charge is -2.15. The molecule has 1 aliphatic heterocycles. The van der Waals surface area contributed by atoms with Crippen LogP contribution in [0.15, 0.2) is 24.3 Å². The van der Waals surface area contributed by atoms with Gasteiger partial charge in [-0.25, -0.2) is 0 Å². The number of nitrogens with one attached hydrogen (secondary N) is 1. The fourth-order valence-corrected chi connectivity index (χ4v) is 3.18. The summed E-state index contributed by atoms with van der Waals surface area (Å²) < 4.78 is 0. The molecule has 5 nitrogen and oxygen atoms in total. The van der Waals surface area contributed by atoms with Gasteiger partial charge in [-0.15, -0.1) is 10.2 Å². The molecule has 23 heavy (non-hydrogen) atoms. The van der Waals surface area contributed by atoms with E-state index in [2.05, 4.69) is 20.4 Å². The highest BCUT2D eigenvalue weighted by atomic mass is 35.5. The Morgan fingerprint density at radius 1 is 1.17 bits per heavy atom. The summed E-state index contributed by atoms with van der Waals surface area (Å²) in [5.74, 6) is 0.517. The number of anilines is 2. The van der Waals surface area contributed by atoms with E-state index in [9.17, 15) is 4.79 Å². The number of aryl methyl sites for hydroxylation is 2. The van der Waals surface area contributed by atoms with E-state index in [4.69, 9.17) is 11.6 Å². The van der Waals surface area contributed by atoms with Gasteiger partial charge in [0.05, 0.1) is 10.7 Å². The van der Waals surface area contributed by atoms with Crippen LogP contribution in [0, 0.1) is 13.8 Å². The molecule has 1 aliphatic rings. The lowest BCUT2D eigenvalue weighted by molar-refractivity contribution is 0.102. The van der Waals surface area contributed by atoms with Crippen molar-refractivity contribution in [2.24, 2.45) is 0 Å². The molecule has 3 rings (SSSR count). The van der Waals surface area contributed by atoms with Crippen molar-refractivity contribution < 1.29 is 4.79 Å². The number of hydrogen-bond donors (Lipinski definition) is 1. The molecule has 0 saturated carbocycles. The zero-order valence-corrected chi connectivity index (χ0v) is 14.0. The molecule has 2 aromatic rings. The van der Waals surface area contributed by atoms with Gasteiger partial charge in [-0.2, -0.15) is 0 Å². The van der Waals surface area contributed by atoms with Crippen LogP contribution in [0.5, 0.6) is 0 Å². The van der Waals surface area contributed by atoms with Crippen molar-refractivity contribution in [3.05, 3.63) is 46.1 Å². The first-order valence-electron chi connectivity index (χ1n) is 7.71. The maximum absolute atomic E-state index is 12.4. The first-order valence-corrected chi connectivity index (χ1v) is 8.09. The molecule has 0 radical (unpaired) electrons. The van der Waals surface area contributed by atoms with Gasteiger partial charge >= 0.3 is 0 Å². The van der Waals surface area contributed by atoms with Gasteiger partial charge in [0.2, 0.25) is 0 Å². The maximum atomic E-state index is 12.4. The van der Waals surface area contributed by atoms with Gasteiger partial charge in [0.15, 0.2) is 11.5 Å². The van der Waals surface area contributed by atoms with Crippen LogP contribution in [0.25, 0.3) is 0 Å². The normalized spacial score (nSPS) is 14.1. The lowest BCUT2D eigenvalue weighted by atomic mass is 10.1. The summed E-state index contributed by atoms with van der Waals surface area (Å²) in [6.45, 7) is 5.88. The standard InChI is InChI=1S/C17H19ClN4O/c1-11-9-12(2)16(13(18)10-11)19-17(23)14-5-6-15(21-20-14)22-7-3-4-8-22/h5-6,9-10H,3-4,7-8H2,1-2H3,(H,19,23). The molecule has 0 bridgehead atoms. The predicted octanol–water partition coefficient (Wildman–Crippen LogP) is 3.60. The summed E-state index contributed by atoms with van der Waals surface area (Å²) in [4.78, 5) is 14.5. The van der Waals surface area contributed by atoms with Gasteiger partial charge in [0.25, 0.3) is 5.91 Å². The Morgan fingerprint density at radius 3 is 2.52 bits per heavy atom. The largest absolute Gasteiger partial charge is 0.355 e. The number of benzene rings is 1. The van der Waals surface area contributed by atoms with Crippen LogP contribution in [0.3, 0.4) is 0 Å². The van der Waals surface area contributed by atoms with Crippen LogP contribution in [-0.2, 0) is 0 Å². The van der Waals surface area contributed by atoms with Crippen molar-refractivity contribution in [3.63, 3.8) is 0 Å². The Bertz CT molecular complexity index is 701. The Kier molecular flexibility index (Phi) is 4.48. The second-order valence-corrected chi connectivity index (χ2v) is 6.27. The minimum absolute atomic E-state index is 0.281. The second-order valence-electron chi connectivity index (χ2n) is 5.86. The quantitative estimate of drug-likeness (QED) is 0.934. The average molecular weight is 331 g/mol. The van der Waals surface area contributed by atoms with Gasteiger partial charge < -0.3 is 10.2 Å². The highest BCUT2D eigenvalue weighted by Crippen LogP contribution is 2.27. The van der Waals surface area contributed by atoms with Crippen LogP contribution in [0.4, 0.5) is 11.5 Å². The molecule has 0 aliphatic carbocycles. The third-order valence-corrected chi connectivity index (χ3v) is 4.28. The molecule has 6 heteroatoms. The summed E-state index contributed by atoms with van der Waals surface area (Å²) in [6.07, 6.45) is 2.35. The van der Waals surface area contributed by atoms with Crippen molar-refractivity contribution in [2.75, 3.05) is 23.3 Å². The van der Waals surface area contributed by atoms with E-state index in [-0.39, 0.29) is 11.6 Å². The van der Waals surface area contributed by atoms with Crippen LogP contribution in [0.1, 0.15) is 34.5 Å².